The first kappa shape index (κ1) is 21.9. The van der Waals surface area contributed by atoms with Crippen LogP contribution in [0.5, 0.6) is 0 Å². The summed E-state index contributed by atoms with van der Waals surface area (Å²) < 4.78 is 24.5. The Labute approximate surface area is 142 Å². The number of sulfone groups is 1. The molecule has 0 aromatic carbocycles. The number of nitrogens with zero attached hydrogens (tertiary/aromatic N) is 2. The Morgan fingerprint density at radius 2 is 1.13 bits per heavy atom. The van der Waals surface area contributed by atoms with E-state index in [-0.39, 0.29) is 11.5 Å². The van der Waals surface area contributed by atoms with Gasteiger partial charge in [-0.05, 0) is 12.8 Å². The van der Waals surface area contributed by atoms with Gasteiger partial charge < -0.3 is 0 Å². The van der Waals surface area contributed by atoms with Crippen LogP contribution in [0, 0.1) is 34.5 Å². The molecule has 0 fully saturated rings. The van der Waals surface area contributed by atoms with Gasteiger partial charge in [-0.1, -0.05) is 65.2 Å². The fourth-order valence-corrected chi connectivity index (χ4v) is 4.53. The molecule has 0 bridgehead atoms. The Kier molecular flexibility index (Phi) is 12.8. The molecule has 0 heterocycles. The number of nitriles is 2. The first-order valence-corrected chi connectivity index (χ1v) is 10.8. The monoisotopic (exact) mass is 340 g/mol. The molecule has 0 amide bonds. The van der Waals surface area contributed by atoms with Crippen molar-refractivity contribution in [2.45, 2.75) is 78.1 Å². The Hall–Kier alpha value is -1.07. The quantitative estimate of drug-likeness (QED) is 0.432. The van der Waals surface area contributed by atoms with Crippen LogP contribution in [0.15, 0.2) is 0 Å². The molecular weight excluding hydrogens is 308 g/mol. The van der Waals surface area contributed by atoms with E-state index in [0.29, 0.717) is 12.8 Å². The van der Waals surface area contributed by atoms with E-state index in [9.17, 15) is 8.42 Å². The summed E-state index contributed by atoms with van der Waals surface area (Å²) in [6.07, 6.45) is 9.68. The number of unbranched alkanes of at least 4 members (excludes halogenated alkanes) is 6. The smallest absolute Gasteiger partial charge is 0.152 e. The maximum absolute atomic E-state index is 12.2. The van der Waals surface area contributed by atoms with Crippen LogP contribution >= 0.6 is 0 Å². The molecule has 0 aliphatic carbocycles. The van der Waals surface area contributed by atoms with Gasteiger partial charge in [-0.2, -0.15) is 10.5 Å². The lowest BCUT2D eigenvalue weighted by Crippen LogP contribution is -2.22. The average molecular weight is 341 g/mol. The van der Waals surface area contributed by atoms with Gasteiger partial charge in [0.25, 0.3) is 0 Å². The second-order valence-corrected chi connectivity index (χ2v) is 8.58. The summed E-state index contributed by atoms with van der Waals surface area (Å²) >= 11 is 0. The van der Waals surface area contributed by atoms with Crippen LogP contribution in [-0.2, 0) is 9.84 Å². The van der Waals surface area contributed by atoms with Crippen molar-refractivity contribution in [1.82, 2.24) is 0 Å². The number of rotatable bonds is 14. The van der Waals surface area contributed by atoms with Crippen molar-refractivity contribution in [1.29, 1.82) is 10.5 Å². The number of hydrogen-bond donors (Lipinski definition) is 0. The van der Waals surface area contributed by atoms with Crippen molar-refractivity contribution < 1.29 is 8.42 Å². The molecule has 0 aromatic rings. The fraction of sp³-hybridized carbons (Fsp3) is 0.889. The lowest BCUT2D eigenvalue weighted by Gasteiger charge is -2.13. The molecule has 132 valence electrons. The molecule has 2 atom stereocenters. The Bertz CT molecular complexity index is 436. The van der Waals surface area contributed by atoms with Gasteiger partial charge >= 0.3 is 0 Å². The summed E-state index contributed by atoms with van der Waals surface area (Å²) in [6, 6.07) is 4.25. The van der Waals surface area contributed by atoms with Crippen molar-refractivity contribution in [2.75, 3.05) is 11.5 Å². The lowest BCUT2D eigenvalue weighted by atomic mass is 10.0. The van der Waals surface area contributed by atoms with Gasteiger partial charge in [0.05, 0.1) is 35.5 Å². The molecular formula is C18H32N2O2S. The largest absolute Gasteiger partial charge is 0.229 e. The predicted octanol–water partition coefficient (Wildman–Crippen LogP) is 4.62. The molecule has 0 saturated carbocycles. The van der Waals surface area contributed by atoms with E-state index < -0.39 is 21.7 Å². The fourth-order valence-electron chi connectivity index (χ4n) is 2.69. The highest BCUT2D eigenvalue weighted by molar-refractivity contribution is 7.91. The highest BCUT2D eigenvalue weighted by Gasteiger charge is 2.23. The maximum Gasteiger partial charge on any atom is 0.152 e. The zero-order valence-corrected chi connectivity index (χ0v) is 15.6. The van der Waals surface area contributed by atoms with E-state index in [1.54, 1.807) is 0 Å². The molecule has 2 unspecified atom stereocenters. The maximum atomic E-state index is 12.2. The number of hydrogen-bond acceptors (Lipinski definition) is 4. The minimum Gasteiger partial charge on any atom is -0.229 e. The van der Waals surface area contributed by atoms with Crippen LogP contribution in [0.1, 0.15) is 78.1 Å². The van der Waals surface area contributed by atoms with Crippen molar-refractivity contribution in [3.05, 3.63) is 0 Å². The van der Waals surface area contributed by atoms with E-state index in [2.05, 4.69) is 26.0 Å². The van der Waals surface area contributed by atoms with Crippen LogP contribution in [-0.4, -0.2) is 19.9 Å². The Morgan fingerprint density at radius 1 is 0.739 bits per heavy atom. The molecule has 0 saturated heterocycles. The zero-order chi connectivity index (χ0) is 17.6. The standard InChI is InChI=1S/C18H32N2O2S/c1-3-5-7-9-11-17(13-19)15-23(21,22)16-18(14-20)12-10-8-6-4-2/h17-18H,3-12,15-16H2,1-2H3. The van der Waals surface area contributed by atoms with Gasteiger partial charge in [0, 0.05) is 0 Å². The molecule has 23 heavy (non-hydrogen) atoms. The van der Waals surface area contributed by atoms with Gasteiger partial charge in [0.1, 0.15) is 0 Å². The topological polar surface area (TPSA) is 81.7 Å². The SMILES string of the molecule is CCCCCCC(C#N)CS(=O)(=O)CC(C#N)CCCCCC. The third-order valence-corrected chi connectivity index (χ3v) is 5.91. The van der Waals surface area contributed by atoms with E-state index in [0.717, 1.165) is 51.4 Å². The van der Waals surface area contributed by atoms with Gasteiger partial charge in [-0.15, -0.1) is 0 Å². The summed E-state index contributed by atoms with van der Waals surface area (Å²) in [6.45, 7) is 4.24. The van der Waals surface area contributed by atoms with Crippen LogP contribution in [0.2, 0.25) is 0 Å². The molecule has 4 nitrogen and oxygen atoms in total. The molecule has 0 radical (unpaired) electrons. The second kappa shape index (κ2) is 13.4. The highest BCUT2D eigenvalue weighted by atomic mass is 32.2. The van der Waals surface area contributed by atoms with Gasteiger partial charge in [-0.25, -0.2) is 8.42 Å². The van der Waals surface area contributed by atoms with Crippen molar-refractivity contribution >= 4 is 9.84 Å². The highest BCUT2D eigenvalue weighted by Crippen LogP contribution is 2.17. The molecule has 0 rings (SSSR count). The second-order valence-electron chi connectivity index (χ2n) is 6.43. The molecule has 0 spiro atoms. The van der Waals surface area contributed by atoms with Gasteiger partial charge in [0.2, 0.25) is 0 Å². The van der Waals surface area contributed by atoms with E-state index in [1.807, 2.05) is 0 Å². The van der Waals surface area contributed by atoms with E-state index >= 15 is 0 Å². The Morgan fingerprint density at radius 3 is 1.43 bits per heavy atom. The molecule has 5 heteroatoms. The van der Waals surface area contributed by atoms with Crippen molar-refractivity contribution in [3.63, 3.8) is 0 Å². The first-order valence-electron chi connectivity index (χ1n) is 8.98. The molecule has 0 aliphatic rings. The third-order valence-electron chi connectivity index (χ3n) is 4.09. The van der Waals surface area contributed by atoms with Crippen LogP contribution < -0.4 is 0 Å². The molecule has 0 aliphatic heterocycles. The van der Waals surface area contributed by atoms with Crippen LogP contribution in [0.25, 0.3) is 0 Å². The lowest BCUT2D eigenvalue weighted by molar-refractivity contribution is 0.531. The average Bonchev–Trinajstić information content (AvgIpc) is 2.53. The Balaban J connectivity index is 4.31. The van der Waals surface area contributed by atoms with Gasteiger partial charge in [-0.3, -0.25) is 0 Å². The minimum absolute atomic E-state index is 0.0945. The first-order chi connectivity index (χ1) is 11.0. The summed E-state index contributed by atoms with van der Waals surface area (Å²) in [5.41, 5.74) is 0. The van der Waals surface area contributed by atoms with Crippen molar-refractivity contribution in [2.24, 2.45) is 11.8 Å². The molecule has 0 aromatic heterocycles. The molecule has 0 N–H and O–H groups in total. The predicted molar refractivity (Wildman–Crippen MR) is 94.4 cm³/mol. The zero-order valence-electron chi connectivity index (χ0n) is 14.8. The summed E-state index contributed by atoms with van der Waals surface area (Å²) in [5.74, 6) is -1.06. The van der Waals surface area contributed by atoms with E-state index in [4.69, 9.17) is 10.5 Å². The van der Waals surface area contributed by atoms with Crippen LogP contribution in [0.3, 0.4) is 0 Å². The summed E-state index contributed by atoms with van der Waals surface area (Å²) in [5, 5.41) is 18.3. The normalized spacial score (nSPS) is 13.9. The van der Waals surface area contributed by atoms with E-state index in [1.165, 1.54) is 0 Å². The third kappa shape index (κ3) is 12.1. The van der Waals surface area contributed by atoms with Gasteiger partial charge in [0.15, 0.2) is 9.84 Å². The minimum atomic E-state index is -3.33. The van der Waals surface area contributed by atoms with Crippen molar-refractivity contribution in [3.8, 4) is 12.1 Å². The van der Waals surface area contributed by atoms with Crippen LogP contribution in [0.4, 0.5) is 0 Å². The summed E-state index contributed by atoms with van der Waals surface area (Å²) in [7, 11) is -3.33. The summed E-state index contributed by atoms with van der Waals surface area (Å²) in [4.78, 5) is 0.